The summed E-state index contributed by atoms with van der Waals surface area (Å²) in [6, 6.07) is 0.416. The molecule has 1 aromatic heterocycles. The van der Waals surface area contributed by atoms with Gasteiger partial charge in [-0.05, 0) is 31.3 Å². The van der Waals surface area contributed by atoms with Crippen LogP contribution in [0, 0.1) is 5.92 Å². The Labute approximate surface area is 148 Å². The molecule has 1 amide bonds. The summed E-state index contributed by atoms with van der Waals surface area (Å²) in [5.41, 5.74) is 2.11. The average Bonchev–Trinajstić information content (AvgIpc) is 3.08. The molecular formula is C18H27N5O2. The van der Waals surface area contributed by atoms with Gasteiger partial charge in [-0.1, -0.05) is 19.3 Å². The zero-order chi connectivity index (χ0) is 17.5. The van der Waals surface area contributed by atoms with Gasteiger partial charge in [0.2, 0.25) is 0 Å². The minimum atomic E-state index is -0.590. The molecule has 7 heteroatoms. The number of hydrogen-bond acceptors (Lipinski definition) is 6. The standard InChI is InChI=1S/C18H27N5O2/c24-18(22-25)7-6-15-10-20-17(11-19-15)21-16-8-9-23(13-16)12-14-4-2-1-3-5-14/h6-7,10-11,14,16,25H,1-5,8-9,12-13H2,(H,20,21)(H,22,24)/t16-/m1/s1. The van der Waals surface area contributed by atoms with Crippen LogP contribution in [0.1, 0.15) is 44.2 Å². The van der Waals surface area contributed by atoms with Gasteiger partial charge in [-0.3, -0.25) is 15.0 Å². The fourth-order valence-corrected chi connectivity index (χ4v) is 3.76. The Hall–Kier alpha value is -1.99. The number of anilines is 1. The minimum Gasteiger partial charge on any atom is -0.365 e. The maximum atomic E-state index is 10.9. The first kappa shape index (κ1) is 17.8. The van der Waals surface area contributed by atoms with Crippen LogP contribution in [-0.2, 0) is 4.79 Å². The minimum absolute atomic E-state index is 0.416. The highest BCUT2D eigenvalue weighted by atomic mass is 16.5. The molecule has 3 rings (SSSR count). The van der Waals surface area contributed by atoms with Crippen molar-refractivity contribution in [2.75, 3.05) is 25.0 Å². The summed E-state index contributed by atoms with van der Waals surface area (Å²) in [4.78, 5) is 22.1. The lowest BCUT2D eigenvalue weighted by Crippen LogP contribution is -2.31. The zero-order valence-electron chi connectivity index (χ0n) is 14.5. The molecule has 3 N–H and O–H groups in total. The number of amides is 1. The fourth-order valence-electron chi connectivity index (χ4n) is 3.76. The molecule has 0 radical (unpaired) electrons. The van der Waals surface area contributed by atoms with Crippen LogP contribution in [0.5, 0.6) is 0 Å². The molecule has 1 saturated carbocycles. The molecule has 1 aliphatic heterocycles. The predicted molar refractivity (Wildman–Crippen MR) is 96.0 cm³/mol. The molecule has 1 aliphatic carbocycles. The van der Waals surface area contributed by atoms with E-state index in [0.717, 1.165) is 31.2 Å². The van der Waals surface area contributed by atoms with Crippen LogP contribution >= 0.6 is 0 Å². The number of hydrogen-bond donors (Lipinski definition) is 3. The van der Waals surface area contributed by atoms with Gasteiger partial charge < -0.3 is 10.2 Å². The van der Waals surface area contributed by atoms with Crippen LogP contribution in [0.25, 0.3) is 6.08 Å². The van der Waals surface area contributed by atoms with Crippen LogP contribution in [-0.4, -0.2) is 51.7 Å². The number of carbonyl (C=O) groups excluding carboxylic acids is 1. The van der Waals surface area contributed by atoms with Crippen molar-refractivity contribution >= 4 is 17.8 Å². The number of aromatic nitrogens is 2. The van der Waals surface area contributed by atoms with E-state index in [9.17, 15) is 4.79 Å². The van der Waals surface area contributed by atoms with Gasteiger partial charge in [0.1, 0.15) is 5.82 Å². The van der Waals surface area contributed by atoms with E-state index in [0.29, 0.717) is 11.7 Å². The summed E-state index contributed by atoms with van der Waals surface area (Å²) < 4.78 is 0. The third kappa shape index (κ3) is 5.51. The summed E-state index contributed by atoms with van der Waals surface area (Å²) in [7, 11) is 0. The Balaban J connectivity index is 1.45. The van der Waals surface area contributed by atoms with Gasteiger partial charge in [-0.15, -0.1) is 0 Å². The van der Waals surface area contributed by atoms with E-state index in [2.05, 4.69) is 20.2 Å². The second-order valence-corrected chi connectivity index (χ2v) is 7.03. The van der Waals surface area contributed by atoms with E-state index in [1.54, 1.807) is 12.4 Å². The van der Waals surface area contributed by atoms with Gasteiger partial charge in [0.15, 0.2) is 0 Å². The largest absolute Gasteiger partial charge is 0.365 e. The lowest BCUT2D eigenvalue weighted by atomic mass is 9.89. The summed E-state index contributed by atoms with van der Waals surface area (Å²) in [6.07, 6.45) is 14.1. The smallest absolute Gasteiger partial charge is 0.267 e. The molecule has 2 aliphatic rings. The normalized spacial score (nSPS) is 22.4. The number of hydroxylamine groups is 1. The highest BCUT2D eigenvalue weighted by Gasteiger charge is 2.25. The first-order valence-electron chi connectivity index (χ1n) is 9.16. The number of nitrogens with one attached hydrogen (secondary N) is 2. The molecule has 2 fully saturated rings. The van der Waals surface area contributed by atoms with Gasteiger partial charge in [-0.25, -0.2) is 10.5 Å². The van der Waals surface area contributed by atoms with Crippen molar-refractivity contribution in [1.29, 1.82) is 0 Å². The molecule has 1 saturated heterocycles. The second kappa shape index (κ2) is 8.92. The zero-order valence-corrected chi connectivity index (χ0v) is 14.5. The first-order valence-corrected chi connectivity index (χ1v) is 9.16. The molecule has 1 aromatic rings. The van der Waals surface area contributed by atoms with Crippen LogP contribution in [0.3, 0.4) is 0 Å². The van der Waals surface area contributed by atoms with Crippen LogP contribution in [0.2, 0.25) is 0 Å². The van der Waals surface area contributed by atoms with E-state index in [-0.39, 0.29) is 0 Å². The number of carbonyl (C=O) groups is 1. The maximum absolute atomic E-state index is 10.9. The van der Waals surface area contributed by atoms with Gasteiger partial charge in [0, 0.05) is 31.8 Å². The quantitative estimate of drug-likeness (QED) is 0.415. The summed E-state index contributed by atoms with van der Waals surface area (Å²) in [6.45, 7) is 3.45. The van der Waals surface area contributed by atoms with Gasteiger partial charge in [0.05, 0.1) is 18.1 Å². The van der Waals surface area contributed by atoms with Crippen molar-refractivity contribution < 1.29 is 10.0 Å². The molecule has 7 nitrogen and oxygen atoms in total. The molecule has 0 unspecified atom stereocenters. The Bertz CT molecular complexity index is 584. The van der Waals surface area contributed by atoms with E-state index in [4.69, 9.17) is 5.21 Å². The van der Waals surface area contributed by atoms with E-state index < -0.39 is 5.91 Å². The Morgan fingerprint density at radius 2 is 2.08 bits per heavy atom. The lowest BCUT2D eigenvalue weighted by molar-refractivity contribution is -0.124. The van der Waals surface area contributed by atoms with Crippen molar-refractivity contribution in [3.8, 4) is 0 Å². The third-order valence-corrected chi connectivity index (χ3v) is 5.05. The van der Waals surface area contributed by atoms with Crippen molar-refractivity contribution in [3.05, 3.63) is 24.2 Å². The van der Waals surface area contributed by atoms with Crippen molar-refractivity contribution in [2.24, 2.45) is 5.92 Å². The second-order valence-electron chi connectivity index (χ2n) is 7.03. The highest BCUT2D eigenvalue weighted by molar-refractivity contribution is 5.90. The molecule has 2 heterocycles. The van der Waals surface area contributed by atoms with Crippen molar-refractivity contribution in [1.82, 2.24) is 20.3 Å². The van der Waals surface area contributed by atoms with E-state index >= 15 is 0 Å². The number of nitrogens with zero attached hydrogens (tertiary/aromatic N) is 3. The monoisotopic (exact) mass is 345 g/mol. The van der Waals surface area contributed by atoms with Gasteiger partial charge in [0.25, 0.3) is 5.91 Å². The maximum Gasteiger partial charge on any atom is 0.267 e. The third-order valence-electron chi connectivity index (χ3n) is 5.05. The molecule has 0 spiro atoms. The van der Waals surface area contributed by atoms with Crippen LogP contribution in [0.15, 0.2) is 18.5 Å². The first-order chi connectivity index (χ1) is 12.2. The molecule has 25 heavy (non-hydrogen) atoms. The van der Waals surface area contributed by atoms with E-state index in [1.807, 2.05) is 0 Å². The van der Waals surface area contributed by atoms with Crippen molar-refractivity contribution in [3.63, 3.8) is 0 Å². The van der Waals surface area contributed by atoms with Crippen molar-refractivity contribution in [2.45, 2.75) is 44.6 Å². The van der Waals surface area contributed by atoms with Crippen LogP contribution in [0.4, 0.5) is 5.82 Å². The molecule has 1 atom stereocenters. The molecule has 136 valence electrons. The fraction of sp³-hybridized carbons (Fsp3) is 0.611. The number of likely N-dealkylation sites (tertiary alicyclic amines) is 1. The Kier molecular flexibility index (Phi) is 6.36. The molecular weight excluding hydrogens is 318 g/mol. The van der Waals surface area contributed by atoms with Crippen LogP contribution < -0.4 is 10.8 Å². The van der Waals surface area contributed by atoms with Gasteiger partial charge >= 0.3 is 0 Å². The Morgan fingerprint density at radius 1 is 1.24 bits per heavy atom. The van der Waals surface area contributed by atoms with E-state index in [1.165, 1.54) is 56.3 Å². The van der Waals surface area contributed by atoms with Gasteiger partial charge in [-0.2, -0.15) is 0 Å². The lowest BCUT2D eigenvalue weighted by Gasteiger charge is -2.26. The predicted octanol–water partition coefficient (Wildman–Crippen LogP) is 2.06. The number of rotatable bonds is 6. The topological polar surface area (TPSA) is 90.4 Å². The summed E-state index contributed by atoms with van der Waals surface area (Å²) in [5, 5.41) is 11.9. The Morgan fingerprint density at radius 3 is 2.80 bits per heavy atom. The highest BCUT2D eigenvalue weighted by Crippen LogP contribution is 2.26. The summed E-state index contributed by atoms with van der Waals surface area (Å²) >= 11 is 0. The molecule has 0 aromatic carbocycles. The molecule has 0 bridgehead atoms. The summed E-state index contributed by atoms with van der Waals surface area (Å²) in [5.74, 6) is 1.05. The SMILES string of the molecule is O=C(C=Cc1cnc(N[C@@H]2CCN(CC3CCCCC3)C2)cn1)NO. The average molecular weight is 345 g/mol.